The quantitative estimate of drug-likeness (QED) is 0.236. The molecule has 4 amide bonds. The second kappa shape index (κ2) is 61.7. The number of carbonyl (C=O) groups is 4. The number of nitrogens with zero attached hydrogens (tertiary/aromatic N) is 17. The van der Waals surface area contributed by atoms with E-state index < -0.39 is 115 Å². The average Bonchev–Trinajstić information content (AvgIpc) is 1.77. The molecule has 0 radical (unpaired) electrons. The third kappa shape index (κ3) is 52.9. The van der Waals surface area contributed by atoms with Crippen LogP contribution in [0.5, 0.6) is 0 Å². The molecule has 10 saturated heterocycles. The van der Waals surface area contributed by atoms with Gasteiger partial charge in [-0.15, -0.1) is 56.5 Å². The molecule has 0 saturated carbocycles. The van der Waals surface area contributed by atoms with Crippen molar-refractivity contribution in [1.29, 1.82) is 0 Å². The number of hydrogen-bond donors (Lipinski definition) is 0. The van der Waals surface area contributed by atoms with Crippen molar-refractivity contribution in [3.63, 3.8) is 0 Å². The highest BCUT2D eigenvalue weighted by molar-refractivity contribution is 8.04. The molecule has 0 aliphatic carbocycles. The van der Waals surface area contributed by atoms with Crippen LogP contribution in [0.2, 0.25) is 0 Å². The van der Waals surface area contributed by atoms with Crippen molar-refractivity contribution in [2.75, 3.05) is 331 Å². The van der Waals surface area contributed by atoms with Gasteiger partial charge in [0, 0.05) is 321 Å². The third-order valence-electron chi connectivity index (χ3n) is 21.0. The van der Waals surface area contributed by atoms with E-state index in [-0.39, 0.29) is 37.8 Å². The molecule has 119 heavy (non-hydrogen) atoms. The van der Waals surface area contributed by atoms with E-state index in [9.17, 15) is 44.4 Å². The first-order valence-corrected chi connectivity index (χ1v) is 64.8. The van der Waals surface area contributed by atoms with E-state index in [1.54, 1.807) is 68.1 Å². The molecule has 0 bridgehead atoms. The molecule has 712 valence electrons. The van der Waals surface area contributed by atoms with Gasteiger partial charge in [0.25, 0.3) is 0 Å². The normalized spacial score (nSPS) is 22.2. The summed E-state index contributed by atoms with van der Waals surface area (Å²) < 4.78 is 132. The number of carbonyl (C=O) groups excluding carboxylic acids is 4. The average molecular weight is 1930 g/mol. The highest BCUT2D eigenvalue weighted by Crippen LogP contribution is 2.17. The first kappa shape index (κ1) is 121. The Bertz CT molecular complexity index is 4380. The highest BCUT2D eigenvalue weighted by Gasteiger charge is 2.27. The van der Waals surface area contributed by atoms with E-state index in [1.807, 2.05) is 68.6 Å². The fourth-order valence-corrected chi connectivity index (χ4v) is 28.5. The first-order valence-electron chi connectivity index (χ1n) is 40.4. The molecule has 42 heteroatoms. The number of hydrogen-bond acceptors (Lipinski definition) is 26. The molecule has 0 spiro atoms. The lowest BCUT2D eigenvalue weighted by atomic mass is 10.3. The molecule has 10 rings (SSSR count). The zero-order valence-corrected chi connectivity index (χ0v) is 86.7. The van der Waals surface area contributed by atoms with E-state index in [1.165, 1.54) is 132 Å². The molecular weight excluding hydrogens is 1760 g/mol. The molecular formula is C77H169N17O13S12. The summed E-state index contributed by atoms with van der Waals surface area (Å²) in [7, 11) is 10.1. The van der Waals surface area contributed by atoms with Gasteiger partial charge in [0.2, 0.25) is 17.7 Å². The van der Waals surface area contributed by atoms with Crippen LogP contribution in [-0.2, 0) is 143 Å². The van der Waals surface area contributed by atoms with Crippen molar-refractivity contribution in [2.45, 2.75) is 98.8 Å². The fourth-order valence-electron chi connectivity index (χ4n) is 11.3. The summed E-state index contributed by atoms with van der Waals surface area (Å²) in [5.41, 5.74) is 0. The minimum atomic E-state index is -2.03. The van der Waals surface area contributed by atoms with Gasteiger partial charge in [-0.05, 0) is 105 Å². The van der Waals surface area contributed by atoms with Crippen LogP contribution in [0.4, 0.5) is 4.79 Å². The smallest absolute Gasteiger partial charge is 0.409 e. The molecule has 10 aliphatic rings. The summed E-state index contributed by atoms with van der Waals surface area (Å²) in [6.45, 7) is 14.0. The van der Waals surface area contributed by atoms with Crippen molar-refractivity contribution in [2.24, 2.45) is 52.4 Å². The molecule has 1 unspecified atom stereocenters. The Morgan fingerprint density at radius 3 is 0.874 bits per heavy atom. The Morgan fingerprint density at radius 2 is 0.664 bits per heavy atom. The number of ether oxygens (including phenoxy) is 3. The van der Waals surface area contributed by atoms with Gasteiger partial charge in [-0.25, -0.2) is 52.0 Å². The maximum Gasteiger partial charge on any atom is 0.409 e. The largest absolute Gasteiger partial charge is 0.453 e. The standard InChI is InChI=1S/C9H18N2O2S.C8H16N2O3S.C7H14N2O3S.C7H14N2O2S.C7H16N2S.2C7H15NS.C6H13NOS.C6H13NS.C4H9NOS.C4H11NOS.C4H11NS.CH4/c1-3-4-9(12)11-5-7-14(13,10-2)8-6-11;1-9-14(12)5-3-10(4-6-14)8(11)7-13-2;1-8-13(11)5-3-9(4-6-13)7(10)12-2;1-7(10)9-3-5-12(11,8-2)6-4-9;1-8-10(3)6-4-9(2)5-7-10;2*1-8-9(2)6-4-3-5-7-9;1-7-9(2)5-3-8-4-6-9;1-7-8(2)5-3-4-6-8;1-5-7(6)3-2-4-7;1-4-7(3,6)5-2;1-5-6(2,3)4;/h3-8H2,1-2H3;3-7H2,1-2H3;3-6H2,1-2H3;3-6H2,1-2H3;3-7H2,1-2H3;2*2-7H2,1H3;2-6H2,1H3;2-6H2,1H3;2-4H2,1H3;4H2,1-3H3;2H2,1,3-4H3;1H4. The van der Waals surface area contributed by atoms with Gasteiger partial charge < -0.3 is 38.7 Å². The third-order valence-corrected chi connectivity index (χ3v) is 49.5. The zero-order chi connectivity index (χ0) is 90.6. The van der Waals surface area contributed by atoms with E-state index >= 15 is 0 Å². The molecule has 0 aromatic carbocycles. The van der Waals surface area contributed by atoms with Gasteiger partial charge in [-0.1, -0.05) is 69.3 Å². The Morgan fingerprint density at radius 1 is 0.387 bits per heavy atom. The Balaban J connectivity index is -0.00000124. The predicted octanol–water partition coefficient (Wildman–Crippen LogP) is 7.98. The molecule has 0 N–H and O–H groups in total. The van der Waals surface area contributed by atoms with Crippen molar-refractivity contribution in [1.82, 2.24) is 24.5 Å². The summed E-state index contributed by atoms with van der Waals surface area (Å²) in [5, 5.41) is 0. The summed E-state index contributed by atoms with van der Waals surface area (Å²) in [4.78, 5) is 53.9. The Hall–Kier alpha value is -2.62. The number of methoxy groups -OCH3 is 2. The van der Waals surface area contributed by atoms with Crippen LogP contribution in [-0.4, -0.2) is 439 Å². The lowest BCUT2D eigenvalue weighted by Crippen LogP contribution is -2.44. The second-order valence-corrected chi connectivity index (χ2v) is 65.6. The van der Waals surface area contributed by atoms with Crippen LogP contribution in [0, 0.1) is 0 Å². The minimum absolute atomic E-state index is 0. The lowest BCUT2D eigenvalue weighted by Gasteiger charge is -2.28. The Kier molecular flexibility index (Phi) is 62.5. The van der Waals surface area contributed by atoms with Crippen LogP contribution in [0.15, 0.2) is 52.4 Å². The van der Waals surface area contributed by atoms with E-state index in [2.05, 4.69) is 104 Å². The topological polar surface area (TPSA) is 363 Å². The first-order chi connectivity index (χ1) is 55.1. The van der Waals surface area contributed by atoms with Crippen LogP contribution >= 0.6 is 0 Å². The fraction of sp³-hybridized carbons (Fsp3) is 0.870. The SMILES string of the molecule is C.C=S(C)(C)=NC.C=S1(=NC)CCCC1.C=S1(=NC)CCCCC1.C=S1(=NC)CCCCC1.C=S1(=NC)CCN(C)CC1.C=S1(=NC)CCOCC1.CCCC(=O)N1CCS(=O)(=NC)CC1.CCS(C)(=O)=NC.CN=S1(=O)CCC1.CN=S1(=O)CCN(C(=O)COC)CC1.CN=S1(=O)CCN(C(=O)OC)CC1.CN=S1(=O)CCN(C(C)=O)CC1. The minimum Gasteiger partial charge on any atom is -0.453 e. The highest BCUT2D eigenvalue weighted by atomic mass is 32.2. The molecule has 10 heterocycles. The van der Waals surface area contributed by atoms with E-state index in [0.29, 0.717) is 111 Å². The van der Waals surface area contributed by atoms with Crippen LogP contribution < -0.4 is 0 Å². The van der Waals surface area contributed by atoms with Crippen molar-refractivity contribution in [3.05, 3.63) is 0 Å². The van der Waals surface area contributed by atoms with Crippen LogP contribution in [0.3, 0.4) is 0 Å². The van der Waals surface area contributed by atoms with E-state index in [4.69, 9.17) is 9.47 Å². The molecule has 0 aromatic heterocycles. The summed E-state index contributed by atoms with van der Waals surface area (Å²) in [6, 6.07) is 0. The Labute approximate surface area is 732 Å². The van der Waals surface area contributed by atoms with Crippen LogP contribution in [0.25, 0.3) is 0 Å². The molecule has 1 atom stereocenters. The number of rotatable bonds is 5. The van der Waals surface area contributed by atoms with Gasteiger partial charge in [0.05, 0.1) is 20.3 Å². The zero-order valence-electron chi connectivity index (χ0n) is 76.9. The maximum atomic E-state index is 11.8. The van der Waals surface area contributed by atoms with Gasteiger partial charge in [-0.3, -0.25) is 44.8 Å². The summed E-state index contributed by atoms with van der Waals surface area (Å²) in [5.74, 6) is 43.3. The van der Waals surface area contributed by atoms with Crippen molar-refractivity contribution < 1.29 is 58.6 Å². The molecule has 30 nitrogen and oxygen atoms in total. The second-order valence-electron chi connectivity index (χ2n) is 29.9. The van der Waals surface area contributed by atoms with Crippen LogP contribution in [0.1, 0.15) is 98.8 Å². The molecule has 10 aliphatic heterocycles. The van der Waals surface area contributed by atoms with Gasteiger partial charge in [0.1, 0.15) is 6.61 Å². The monoisotopic (exact) mass is 1920 g/mol. The summed E-state index contributed by atoms with van der Waals surface area (Å²) in [6.07, 6.45) is 18.9. The summed E-state index contributed by atoms with van der Waals surface area (Å²) >= 11 is 0. The van der Waals surface area contributed by atoms with Gasteiger partial charge >= 0.3 is 6.09 Å². The van der Waals surface area contributed by atoms with E-state index in [0.717, 1.165) is 49.1 Å². The van der Waals surface area contributed by atoms with Crippen molar-refractivity contribution in [3.8, 4) is 0 Å². The van der Waals surface area contributed by atoms with Crippen molar-refractivity contribution >= 4 is 174 Å². The molecule has 0 aromatic rings. The molecule has 10 fully saturated rings. The predicted molar refractivity (Wildman–Crippen MR) is 544 cm³/mol. The van der Waals surface area contributed by atoms with Gasteiger partial charge in [-0.2, -0.15) is 0 Å². The van der Waals surface area contributed by atoms with Gasteiger partial charge in [0.15, 0.2) is 0 Å². The maximum absolute atomic E-state index is 11.8. The lowest BCUT2D eigenvalue weighted by molar-refractivity contribution is -0.135. The number of amides is 4.